The van der Waals surface area contributed by atoms with Gasteiger partial charge in [0.2, 0.25) is 0 Å². The molecule has 34 heavy (non-hydrogen) atoms. The van der Waals surface area contributed by atoms with E-state index in [4.69, 9.17) is 0 Å². The van der Waals surface area contributed by atoms with E-state index in [9.17, 15) is 0 Å². The highest BCUT2D eigenvalue weighted by molar-refractivity contribution is 6.27. The average Bonchev–Trinajstić information content (AvgIpc) is 2.92. The Labute approximate surface area is 197 Å². The van der Waals surface area contributed by atoms with Crippen LogP contribution in [-0.4, -0.2) is 9.97 Å². The molecule has 0 aliphatic carbocycles. The summed E-state index contributed by atoms with van der Waals surface area (Å²) in [7, 11) is 0. The predicted octanol–water partition coefficient (Wildman–Crippen LogP) is 8.38. The van der Waals surface area contributed by atoms with Crippen molar-refractivity contribution in [2.75, 3.05) is 0 Å². The molecule has 0 amide bonds. The largest absolute Gasteiger partial charge is 0.265 e. The molecule has 0 atom stereocenters. The Bertz CT molecular complexity index is 1770. The van der Waals surface area contributed by atoms with E-state index in [2.05, 4.69) is 101 Å². The smallest absolute Gasteiger partial charge is 0.0346 e. The maximum absolute atomic E-state index is 4.25. The van der Waals surface area contributed by atoms with E-state index in [-0.39, 0.29) is 0 Å². The second kappa shape index (κ2) is 7.50. The lowest BCUT2D eigenvalue weighted by Gasteiger charge is -2.16. The van der Waals surface area contributed by atoms with Crippen LogP contribution in [0.3, 0.4) is 0 Å². The molecule has 0 saturated heterocycles. The van der Waals surface area contributed by atoms with Gasteiger partial charge in [0.15, 0.2) is 0 Å². The Morgan fingerprint density at radius 3 is 1.53 bits per heavy atom. The highest BCUT2D eigenvalue weighted by Gasteiger charge is 2.14. The van der Waals surface area contributed by atoms with E-state index in [1.165, 1.54) is 60.1 Å². The summed E-state index contributed by atoms with van der Waals surface area (Å²) >= 11 is 0. The summed E-state index contributed by atoms with van der Waals surface area (Å²) in [5.41, 5.74) is 7.23. The first kappa shape index (κ1) is 19.0. The molecule has 0 aliphatic heterocycles. The lowest BCUT2D eigenvalue weighted by Crippen LogP contribution is -1.89. The van der Waals surface area contributed by atoms with Crippen molar-refractivity contribution in [3.05, 3.63) is 122 Å². The van der Waals surface area contributed by atoms with Crippen LogP contribution in [0.2, 0.25) is 0 Å². The Morgan fingerprint density at radius 2 is 0.941 bits per heavy atom. The van der Waals surface area contributed by atoms with Gasteiger partial charge in [0.25, 0.3) is 0 Å². The molecule has 0 aliphatic rings. The van der Waals surface area contributed by atoms with Crippen LogP contribution in [0, 0.1) is 0 Å². The Morgan fingerprint density at radius 1 is 0.382 bits per heavy atom. The molecular weight excluding hydrogens is 412 g/mol. The molecule has 0 fully saturated rings. The summed E-state index contributed by atoms with van der Waals surface area (Å²) < 4.78 is 0. The molecule has 158 valence electrons. The molecule has 0 bridgehead atoms. The topological polar surface area (TPSA) is 25.8 Å². The third kappa shape index (κ3) is 2.89. The molecular formula is C32H20N2. The van der Waals surface area contributed by atoms with Crippen molar-refractivity contribution in [3.8, 4) is 33.4 Å². The number of hydrogen-bond acceptors (Lipinski definition) is 2. The summed E-state index contributed by atoms with van der Waals surface area (Å²) in [4.78, 5) is 8.45. The van der Waals surface area contributed by atoms with Crippen LogP contribution in [0.5, 0.6) is 0 Å². The molecule has 2 nitrogen and oxygen atoms in total. The first-order chi connectivity index (χ1) is 16.9. The number of benzene rings is 5. The van der Waals surface area contributed by atoms with Crippen LogP contribution in [-0.2, 0) is 0 Å². The minimum atomic E-state index is 1.13. The molecule has 2 heterocycles. The van der Waals surface area contributed by atoms with Gasteiger partial charge in [0.05, 0.1) is 0 Å². The van der Waals surface area contributed by atoms with Crippen molar-refractivity contribution in [1.82, 2.24) is 9.97 Å². The standard InChI is InChI=1S/C32H20N2/c1-2-26(20-34-17-1)21-3-5-22(6-4-21)27-11-7-24-10-14-30-28(23-15-18-33-19-16-23)12-8-25-9-13-29(27)31(24)32(25)30/h1-20H. The number of rotatable bonds is 3. The lowest BCUT2D eigenvalue weighted by molar-refractivity contribution is 1.33. The quantitative estimate of drug-likeness (QED) is 0.262. The zero-order valence-corrected chi connectivity index (χ0v) is 18.4. The molecule has 7 aromatic rings. The van der Waals surface area contributed by atoms with Gasteiger partial charge < -0.3 is 0 Å². The molecule has 2 heteroatoms. The number of hydrogen-bond donors (Lipinski definition) is 0. The van der Waals surface area contributed by atoms with Gasteiger partial charge in [0.1, 0.15) is 0 Å². The van der Waals surface area contributed by atoms with Gasteiger partial charge >= 0.3 is 0 Å². The van der Waals surface area contributed by atoms with Gasteiger partial charge in [-0.05, 0) is 83.9 Å². The maximum atomic E-state index is 4.25. The van der Waals surface area contributed by atoms with Crippen molar-refractivity contribution in [2.24, 2.45) is 0 Å². The van der Waals surface area contributed by atoms with E-state index in [0.29, 0.717) is 0 Å². The molecule has 2 aromatic heterocycles. The second-order valence-electron chi connectivity index (χ2n) is 8.70. The van der Waals surface area contributed by atoms with Crippen molar-refractivity contribution >= 4 is 32.3 Å². The van der Waals surface area contributed by atoms with Gasteiger partial charge in [-0.15, -0.1) is 0 Å². The van der Waals surface area contributed by atoms with Crippen LogP contribution in [0.4, 0.5) is 0 Å². The third-order valence-electron chi connectivity index (χ3n) is 6.85. The van der Waals surface area contributed by atoms with Crippen LogP contribution in [0.1, 0.15) is 0 Å². The van der Waals surface area contributed by atoms with E-state index in [1.54, 1.807) is 0 Å². The molecule has 0 saturated carbocycles. The fraction of sp³-hybridized carbons (Fsp3) is 0. The van der Waals surface area contributed by atoms with E-state index < -0.39 is 0 Å². The van der Waals surface area contributed by atoms with Gasteiger partial charge in [0, 0.05) is 24.8 Å². The predicted molar refractivity (Wildman–Crippen MR) is 142 cm³/mol. The summed E-state index contributed by atoms with van der Waals surface area (Å²) in [5, 5.41) is 7.78. The Hall–Kier alpha value is -4.56. The Kier molecular flexibility index (Phi) is 4.18. The van der Waals surface area contributed by atoms with Gasteiger partial charge in [-0.25, -0.2) is 0 Å². The zero-order chi connectivity index (χ0) is 22.5. The van der Waals surface area contributed by atoms with E-state index in [0.717, 1.165) is 5.56 Å². The monoisotopic (exact) mass is 432 g/mol. The normalized spacial score (nSPS) is 11.5. The molecule has 5 aromatic carbocycles. The summed E-state index contributed by atoms with van der Waals surface area (Å²) in [6, 6.07) is 35.1. The molecule has 0 unspecified atom stereocenters. The zero-order valence-electron chi connectivity index (χ0n) is 18.4. The van der Waals surface area contributed by atoms with Gasteiger partial charge in [-0.1, -0.05) is 78.9 Å². The maximum Gasteiger partial charge on any atom is 0.0346 e. The highest BCUT2D eigenvalue weighted by Crippen LogP contribution is 2.42. The molecule has 0 N–H and O–H groups in total. The first-order valence-corrected chi connectivity index (χ1v) is 11.5. The van der Waals surface area contributed by atoms with Crippen LogP contribution in [0.15, 0.2) is 122 Å². The fourth-order valence-electron chi connectivity index (χ4n) is 5.21. The van der Waals surface area contributed by atoms with Gasteiger partial charge in [-0.2, -0.15) is 0 Å². The third-order valence-corrected chi connectivity index (χ3v) is 6.85. The average molecular weight is 433 g/mol. The molecule has 0 radical (unpaired) electrons. The highest BCUT2D eigenvalue weighted by atomic mass is 14.6. The molecule has 7 rings (SSSR count). The van der Waals surface area contributed by atoms with Crippen molar-refractivity contribution < 1.29 is 0 Å². The van der Waals surface area contributed by atoms with E-state index in [1.807, 2.05) is 30.9 Å². The Balaban J connectivity index is 1.46. The van der Waals surface area contributed by atoms with Gasteiger partial charge in [-0.3, -0.25) is 9.97 Å². The number of pyridine rings is 2. The van der Waals surface area contributed by atoms with Crippen LogP contribution < -0.4 is 0 Å². The lowest BCUT2D eigenvalue weighted by atomic mass is 9.87. The number of aromatic nitrogens is 2. The van der Waals surface area contributed by atoms with Crippen molar-refractivity contribution in [3.63, 3.8) is 0 Å². The minimum absolute atomic E-state index is 1.13. The summed E-state index contributed by atoms with van der Waals surface area (Å²) in [6.45, 7) is 0. The minimum Gasteiger partial charge on any atom is -0.265 e. The van der Waals surface area contributed by atoms with Crippen LogP contribution >= 0.6 is 0 Å². The first-order valence-electron chi connectivity index (χ1n) is 11.5. The van der Waals surface area contributed by atoms with Crippen molar-refractivity contribution in [2.45, 2.75) is 0 Å². The second-order valence-corrected chi connectivity index (χ2v) is 8.70. The van der Waals surface area contributed by atoms with Crippen molar-refractivity contribution in [1.29, 1.82) is 0 Å². The summed E-state index contributed by atoms with van der Waals surface area (Å²) in [6.07, 6.45) is 7.44. The summed E-state index contributed by atoms with van der Waals surface area (Å²) in [5.74, 6) is 0. The fourth-order valence-corrected chi connectivity index (χ4v) is 5.21. The SMILES string of the molecule is c1cncc(-c2ccc(-c3ccc4ccc5c(-c6ccncc6)ccc6ccc3c4c65)cc2)c1. The number of nitrogens with zero attached hydrogens (tertiary/aromatic N) is 2. The molecule has 0 spiro atoms. The van der Waals surface area contributed by atoms with Crippen LogP contribution in [0.25, 0.3) is 65.7 Å². The van der Waals surface area contributed by atoms with E-state index >= 15 is 0 Å².